The van der Waals surface area contributed by atoms with E-state index in [9.17, 15) is 0 Å². The molecule has 1 heterocycles. The number of nitrogens with zero attached hydrogens (tertiary/aromatic N) is 1. The van der Waals surface area contributed by atoms with Crippen LogP contribution in [0.2, 0.25) is 0 Å². The molecule has 1 unspecified atom stereocenters. The monoisotopic (exact) mass is 260 g/mol. The van der Waals surface area contributed by atoms with E-state index in [1.54, 1.807) is 0 Å². The maximum absolute atomic E-state index is 5.73. The smallest absolute Gasteiger partial charge is 0.130 e. The van der Waals surface area contributed by atoms with Crippen LogP contribution in [0.3, 0.4) is 0 Å². The molecular formula is C11H20N2OS2. The van der Waals surface area contributed by atoms with Crippen molar-refractivity contribution >= 4 is 34.4 Å². The average molecular weight is 260 g/mol. The van der Waals surface area contributed by atoms with Gasteiger partial charge in [0.2, 0.25) is 0 Å². The highest BCUT2D eigenvalue weighted by Gasteiger charge is 2.21. The summed E-state index contributed by atoms with van der Waals surface area (Å²) in [4.78, 5) is 3.63. The molecule has 3 nitrogen and oxygen atoms in total. The fraction of sp³-hybridized carbons (Fsp3) is 0.818. The summed E-state index contributed by atoms with van der Waals surface area (Å²) in [6.45, 7) is 3.69. The maximum Gasteiger partial charge on any atom is 0.130 e. The van der Waals surface area contributed by atoms with Crippen LogP contribution in [0.15, 0.2) is 0 Å². The van der Waals surface area contributed by atoms with E-state index < -0.39 is 0 Å². The van der Waals surface area contributed by atoms with Crippen LogP contribution in [0.25, 0.3) is 0 Å². The van der Waals surface area contributed by atoms with Crippen LogP contribution in [0.5, 0.6) is 0 Å². The van der Waals surface area contributed by atoms with Gasteiger partial charge in [-0.2, -0.15) is 0 Å². The lowest BCUT2D eigenvalue weighted by atomic mass is 10.1. The van der Waals surface area contributed by atoms with Gasteiger partial charge in [0.05, 0.1) is 9.98 Å². The molecule has 0 spiro atoms. The molecule has 1 aliphatic heterocycles. The predicted octanol–water partition coefficient (Wildman–Crippen LogP) is 2.23. The Morgan fingerprint density at radius 2 is 2.19 bits per heavy atom. The van der Waals surface area contributed by atoms with Crippen LogP contribution in [0.4, 0.5) is 0 Å². The summed E-state index contributed by atoms with van der Waals surface area (Å²) in [5, 5.41) is 0. The summed E-state index contributed by atoms with van der Waals surface area (Å²) < 4.78 is 5.73. The van der Waals surface area contributed by atoms with Crippen molar-refractivity contribution in [3.05, 3.63) is 0 Å². The van der Waals surface area contributed by atoms with E-state index in [1.807, 2.05) is 6.92 Å². The highest BCUT2D eigenvalue weighted by atomic mass is 32.1. The molecule has 1 fully saturated rings. The first-order valence-corrected chi connectivity index (χ1v) is 6.60. The molecule has 16 heavy (non-hydrogen) atoms. The van der Waals surface area contributed by atoms with E-state index in [2.05, 4.69) is 4.90 Å². The van der Waals surface area contributed by atoms with Gasteiger partial charge in [-0.05, 0) is 39.0 Å². The van der Waals surface area contributed by atoms with E-state index in [0.29, 0.717) is 4.99 Å². The zero-order valence-corrected chi connectivity index (χ0v) is 11.4. The zero-order chi connectivity index (χ0) is 12.0. The van der Waals surface area contributed by atoms with Gasteiger partial charge in [0.1, 0.15) is 6.23 Å². The molecule has 1 atom stereocenters. The summed E-state index contributed by atoms with van der Waals surface area (Å²) in [6, 6.07) is 0. The largest absolute Gasteiger partial charge is 0.393 e. The van der Waals surface area contributed by atoms with Crippen LogP contribution in [-0.2, 0) is 4.74 Å². The van der Waals surface area contributed by atoms with E-state index in [-0.39, 0.29) is 6.23 Å². The van der Waals surface area contributed by atoms with Gasteiger partial charge in [-0.3, -0.25) is 0 Å². The lowest BCUT2D eigenvalue weighted by Crippen LogP contribution is -2.42. The minimum atomic E-state index is 0.164. The summed E-state index contributed by atoms with van der Waals surface area (Å²) in [7, 11) is 0. The van der Waals surface area contributed by atoms with Crippen LogP contribution in [0.1, 0.15) is 39.0 Å². The zero-order valence-electron chi connectivity index (χ0n) is 9.78. The third kappa shape index (κ3) is 4.72. The van der Waals surface area contributed by atoms with Gasteiger partial charge in [0, 0.05) is 13.2 Å². The van der Waals surface area contributed by atoms with Gasteiger partial charge in [-0.25, -0.2) is 0 Å². The van der Waals surface area contributed by atoms with Crippen molar-refractivity contribution in [3.8, 4) is 0 Å². The van der Waals surface area contributed by atoms with Gasteiger partial charge >= 0.3 is 0 Å². The second kappa shape index (κ2) is 7.14. The molecule has 92 valence electrons. The van der Waals surface area contributed by atoms with Crippen molar-refractivity contribution in [1.82, 2.24) is 4.90 Å². The minimum absolute atomic E-state index is 0.164. The van der Waals surface area contributed by atoms with Crippen molar-refractivity contribution in [2.75, 3.05) is 13.2 Å². The Morgan fingerprint density at radius 3 is 2.69 bits per heavy atom. The van der Waals surface area contributed by atoms with Crippen molar-refractivity contribution in [3.63, 3.8) is 0 Å². The van der Waals surface area contributed by atoms with Gasteiger partial charge in [0.15, 0.2) is 0 Å². The highest BCUT2D eigenvalue weighted by Crippen LogP contribution is 2.17. The molecule has 0 bridgehead atoms. The molecule has 0 saturated carbocycles. The Kier molecular flexibility index (Phi) is 6.16. The Bertz CT molecular complexity index is 252. The summed E-state index contributed by atoms with van der Waals surface area (Å²) in [5.41, 5.74) is 5.48. The first kappa shape index (κ1) is 13.8. The number of hydrogen-bond acceptors (Lipinski definition) is 3. The van der Waals surface area contributed by atoms with Crippen LogP contribution in [0, 0.1) is 0 Å². The molecule has 1 rings (SSSR count). The third-order valence-electron chi connectivity index (χ3n) is 2.73. The van der Waals surface area contributed by atoms with E-state index in [1.165, 1.54) is 6.42 Å². The topological polar surface area (TPSA) is 38.5 Å². The van der Waals surface area contributed by atoms with Crippen molar-refractivity contribution in [2.24, 2.45) is 5.73 Å². The molecule has 1 saturated heterocycles. The van der Waals surface area contributed by atoms with Gasteiger partial charge in [-0.1, -0.05) is 24.4 Å². The predicted molar refractivity (Wildman–Crippen MR) is 74.6 cm³/mol. The molecule has 0 aromatic rings. The Morgan fingerprint density at radius 1 is 1.44 bits per heavy atom. The third-order valence-corrected chi connectivity index (χ3v) is 3.17. The molecule has 0 aromatic carbocycles. The SMILES string of the molecule is CC(=S)N(CCCC(N)=S)C1CCCCO1. The summed E-state index contributed by atoms with van der Waals surface area (Å²) >= 11 is 10.1. The second-order valence-corrected chi connectivity index (χ2v) is 5.22. The van der Waals surface area contributed by atoms with Crippen molar-refractivity contribution in [1.29, 1.82) is 0 Å². The fourth-order valence-electron chi connectivity index (χ4n) is 1.90. The number of ether oxygens (including phenoxy) is 1. The quantitative estimate of drug-likeness (QED) is 0.767. The molecule has 1 aliphatic rings. The Balaban J connectivity index is 2.40. The second-order valence-electron chi connectivity index (χ2n) is 4.10. The van der Waals surface area contributed by atoms with Crippen LogP contribution >= 0.6 is 24.4 Å². The van der Waals surface area contributed by atoms with Crippen LogP contribution < -0.4 is 5.73 Å². The highest BCUT2D eigenvalue weighted by molar-refractivity contribution is 7.80. The molecule has 0 radical (unpaired) electrons. The van der Waals surface area contributed by atoms with Gasteiger partial charge in [0.25, 0.3) is 0 Å². The number of hydrogen-bond donors (Lipinski definition) is 1. The fourth-order valence-corrected chi connectivity index (χ4v) is 2.25. The van der Waals surface area contributed by atoms with Crippen molar-refractivity contribution in [2.45, 2.75) is 45.3 Å². The molecule has 0 aromatic heterocycles. The first-order chi connectivity index (χ1) is 7.61. The summed E-state index contributed by atoms with van der Waals surface area (Å²) in [6.07, 6.45) is 5.34. The van der Waals surface area contributed by atoms with Crippen LogP contribution in [-0.4, -0.2) is 34.3 Å². The van der Waals surface area contributed by atoms with Gasteiger partial charge < -0.3 is 15.4 Å². The summed E-state index contributed by atoms with van der Waals surface area (Å²) in [5.74, 6) is 0. The standard InChI is InChI=1S/C11H20N2OS2/c1-9(15)13(7-4-5-10(12)16)11-6-2-3-8-14-11/h11H,2-8H2,1H3,(H2,12,16). The average Bonchev–Trinajstić information content (AvgIpc) is 2.25. The van der Waals surface area contributed by atoms with E-state index >= 15 is 0 Å². The number of nitrogens with two attached hydrogens (primary N) is 1. The first-order valence-electron chi connectivity index (χ1n) is 5.78. The minimum Gasteiger partial charge on any atom is -0.393 e. The normalized spacial score (nSPS) is 20.4. The van der Waals surface area contributed by atoms with Crippen molar-refractivity contribution < 1.29 is 4.74 Å². The molecule has 2 N–H and O–H groups in total. The van der Waals surface area contributed by atoms with Gasteiger partial charge in [-0.15, -0.1) is 0 Å². The molecule has 0 amide bonds. The van der Waals surface area contributed by atoms with E-state index in [4.69, 9.17) is 34.9 Å². The van der Waals surface area contributed by atoms with E-state index in [0.717, 1.165) is 43.8 Å². The maximum atomic E-state index is 5.73. The number of thiocarbonyl (C=S) groups is 2. The Labute approximate surface area is 108 Å². The molecule has 0 aliphatic carbocycles. The lowest BCUT2D eigenvalue weighted by Gasteiger charge is -2.35. The number of rotatable bonds is 5. The lowest BCUT2D eigenvalue weighted by molar-refractivity contribution is -0.0553. The molecule has 5 heteroatoms. The molecular weight excluding hydrogens is 240 g/mol. The Hall–Kier alpha value is -0.260.